The smallest absolute Gasteiger partial charge is 0.338 e. The summed E-state index contributed by atoms with van der Waals surface area (Å²) in [5, 5.41) is 2.66. The van der Waals surface area contributed by atoms with E-state index in [1.807, 2.05) is 19.1 Å². The van der Waals surface area contributed by atoms with Gasteiger partial charge >= 0.3 is 5.97 Å². The number of esters is 1. The van der Waals surface area contributed by atoms with Crippen LogP contribution in [0.3, 0.4) is 0 Å². The van der Waals surface area contributed by atoms with Crippen molar-refractivity contribution in [2.45, 2.75) is 33.1 Å². The molecule has 2 aliphatic rings. The average Bonchev–Trinajstić information content (AvgIpc) is 3.03. The second kappa shape index (κ2) is 8.94. The number of hydrogen-bond acceptors (Lipinski definition) is 5. The molecule has 4 rings (SSSR count). The highest BCUT2D eigenvalue weighted by Crippen LogP contribution is 2.42. The van der Waals surface area contributed by atoms with Crippen LogP contribution in [-0.2, 0) is 19.1 Å². The summed E-state index contributed by atoms with van der Waals surface area (Å²) in [6.45, 7) is 3.60. The van der Waals surface area contributed by atoms with Crippen molar-refractivity contribution >= 4 is 35.1 Å². The summed E-state index contributed by atoms with van der Waals surface area (Å²) >= 11 is 0. The van der Waals surface area contributed by atoms with Crippen molar-refractivity contribution in [3.05, 3.63) is 59.7 Å². The predicted molar refractivity (Wildman–Crippen MR) is 119 cm³/mol. The first-order chi connectivity index (χ1) is 15.3. The Bertz CT molecular complexity index is 1060. The molecule has 0 aromatic heterocycles. The highest BCUT2D eigenvalue weighted by Gasteiger charge is 2.50. The minimum absolute atomic E-state index is 0.175. The molecule has 3 atom stereocenters. The fourth-order valence-corrected chi connectivity index (χ4v) is 4.46. The van der Waals surface area contributed by atoms with Crippen LogP contribution in [0.15, 0.2) is 48.5 Å². The van der Waals surface area contributed by atoms with Crippen LogP contribution < -0.4 is 10.2 Å². The van der Waals surface area contributed by atoms with Crippen LogP contribution in [0.5, 0.6) is 0 Å². The molecular formula is C25H26N2O5. The molecule has 1 saturated heterocycles. The first-order valence-corrected chi connectivity index (χ1v) is 10.8. The Morgan fingerprint density at radius 1 is 1.03 bits per heavy atom. The van der Waals surface area contributed by atoms with E-state index in [2.05, 4.69) is 12.2 Å². The van der Waals surface area contributed by atoms with Crippen molar-refractivity contribution in [3.8, 4) is 0 Å². The zero-order valence-corrected chi connectivity index (χ0v) is 18.2. The molecule has 1 aliphatic carbocycles. The maximum absolute atomic E-state index is 12.9. The van der Waals surface area contributed by atoms with Gasteiger partial charge in [0.1, 0.15) is 0 Å². The first kappa shape index (κ1) is 21.7. The molecule has 0 spiro atoms. The van der Waals surface area contributed by atoms with Gasteiger partial charge in [-0.25, -0.2) is 4.79 Å². The Morgan fingerprint density at radius 2 is 1.75 bits per heavy atom. The number of imide groups is 1. The van der Waals surface area contributed by atoms with Crippen LogP contribution in [0.2, 0.25) is 0 Å². The highest BCUT2D eigenvalue weighted by molar-refractivity contribution is 6.22. The monoisotopic (exact) mass is 434 g/mol. The van der Waals surface area contributed by atoms with Gasteiger partial charge in [-0.2, -0.15) is 0 Å². The Balaban J connectivity index is 1.41. The van der Waals surface area contributed by atoms with E-state index in [1.54, 1.807) is 24.3 Å². The third kappa shape index (κ3) is 4.42. The SMILES string of the molecule is Cc1ccc(NC(=O)COC(=O)c2cccc(N3C(=O)[C@H]4C[C@H](C)CC[C@H]4C3=O)c2)cc1. The Kier molecular flexibility index (Phi) is 6.08. The second-order valence-electron chi connectivity index (χ2n) is 8.68. The number of ether oxygens (including phenoxy) is 1. The summed E-state index contributed by atoms with van der Waals surface area (Å²) in [6.07, 6.45) is 2.36. The van der Waals surface area contributed by atoms with Crippen LogP contribution in [0.1, 0.15) is 42.1 Å². The molecule has 3 amide bonds. The second-order valence-corrected chi connectivity index (χ2v) is 8.68. The predicted octanol–water partition coefficient (Wildman–Crippen LogP) is 3.72. The number of nitrogens with zero attached hydrogens (tertiary/aromatic N) is 1. The largest absolute Gasteiger partial charge is 0.452 e. The number of benzene rings is 2. The molecule has 2 aromatic rings. The van der Waals surface area contributed by atoms with Crippen LogP contribution >= 0.6 is 0 Å². The van der Waals surface area contributed by atoms with Gasteiger partial charge < -0.3 is 10.1 Å². The maximum atomic E-state index is 12.9. The fourth-order valence-electron chi connectivity index (χ4n) is 4.46. The Hall–Kier alpha value is -3.48. The van der Waals surface area contributed by atoms with Crippen molar-refractivity contribution in [2.75, 3.05) is 16.8 Å². The zero-order chi connectivity index (χ0) is 22.8. The third-order valence-corrected chi connectivity index (χ3v) is 6.20. The number of amides is 3. The van der Waals surface area contributed by atoms with E-state index in [0.29, 0.717) is 30.1 Å². The highest BCUT2D eigenvalue weighted by atomic mass is 16.5. The molecule has 7 nitrogen and oxygen atoms in total. The summed E-state index contributed by atoms with van der Waals surface area (Å²) in [5.74, 6) is -1.70. The van der Waals surface area contributed by atoms with Crippen LogP contribution in [0.4, 0.5) is 11.4 Å². The van der Waals surface area contributed by atoms with Crippen LogP contribution in [0, 0.1) is 24.7 Å². The van der Waals surface area contributed by atoms with Gasteiger partial charge in [-0.3, -0.25) is 19.3 Å². The Labute approximate surface area is 186 Å². The van der Waals surface area contributed by atoms with E-state index in [0.717, 1.165) is 12.0 Å². The van der Waals surface area contributed by atoms with Gasteiger partial charge in [-0.15, -0.1) is 0 Å². The standard InChI is InChI=1S/C25H26N2O5/c1-15-6-9-18(10-7-15)26-22(28)14-32-25(31)17-4-3-5-19(13-17)27-23(29)20-11-8-16(2)12-21(20)24(27)30/h3-7,9-10,13,16,20-21H,8,11-12,14H2,1-2H3,(H,26,28)/t16-,20-,21+/m1/s1. The number of fused-ring (bicyclic) bond motifs is 1. The Morgan fingerprint density at radius 3 is 2.50 bits per heavy atom. The van der Waals surface area contributed by atoms with Crippen molar-refractivity contribution in [2.24, 2.45) is 17.8 Å². The minimum atomic E-state index is -0.698. The van der Waals surface area contributed by atoms with Crippen molar-refractivity contribution in [1.29, 1.82) is 0 Å². The fraction of sp³-hybridized carbons (Fsp3) is 0.360. The number of nitrogens with one attached hydrogen (secondary N) is 1. The van der Waals surface area contributed by atoms with Crippen LogP contribution in [0.25, 0.3) is 0 Å². The molecule has 1 N–H and O–H groups in total. The van der Waals surface area contributed by atoms with Crippen molar-refractivity contribution < 1.29 is 23.9 Å². The topological polar surface area (TPSA) is 92.8 Å². The lowest BCUT2D eigenvalue weighted by atomic mass is 9.76. The molecule has 0 bridgehead atoms. The molecule has 166 valence electrons. The van der Waals surface area contributed by atoms with E-state index >= 15 is 0 Å². The number of anilines is 2. The molecule has 1 saturated carbocycles. The van der Waals surface area contributed by atoms with Gasteiger partial charge in [-0.1, -0.05) is 30.7 Å². The molecule has 0 radical (unpaired) electrons. The van der Waals surface area contributed by atoms with E-state index in [9.17, 15) is 19.2 Å². The number of aryl methyl sites for hydroxylation is 1. The van der Waals surface area contributed by atoms with Gasteiger partial charge in [0, 0.05) is 5.69 Å². The lowest BCUT2D eigenvalue weighted by Gasteiger charge is -2.25. The van der Waals surface area contributed by atoms with Gasteiger partial charge in [0.25, 0.3) is 5.91 Å². The van der Waals surface area contributed by atoms with E-state index in [-0.39, 0.29) is 29.2 Å². The zero-order valence-electron chi connectivity index (χ0n) is 18.2. The number of hydrogen-bond donors (Lipinski definition) is 1. The molecule has 32 heavy (non-hydrogen) atoms. The molecule has 2 fully saturated rings. The van der Waals surface area contributed by atoms with Gasteiger partial charge in [0.15, 0.2) is 6.61 Å². The summed E-state index contributed by atoms with van der Waals surface area (Å²) in [5.41, 5.74) is 2.22. The summed E-state index contributed by atoms with van der Waals surface area (Å²) in [7, 11) is 0. The molecule has 2 aromatic carbocycles. The lowest BCUT2D eigenvalue weighted by molar-refractivity contribution is -0.122. The van der Waals surface area contributed by atoms with E-state index in [4.69, 9.17) is 4.74 Å². The summed E-state index contributed by atoms with van der Waals surface area (Å²) in [6, 6.07) is 13.5. The normalized spacial score (nSPS) is 22.4. The number of rotatable bonds is 5. The van der Waals surface area contributed by atoms with Gasteiger partial charge in [-0.05, 0) is 62.4 Å². The quantitative estimate of drug-likeness (QED) is 0.572. The lowest BCUT2D eigenvalue weighted by Crippen LogP contribution is -2.31. The molecular weight excluding hydrogens is 408 g/mol. The minimum Gasteiger partial charge on any atom is -0.452 e. The van der Waals surface area contributed by atoms with Gasteiger partial charge in [0.05, 0.1) is 23.1 Å². The summed E-state index contributed by atoms with van der Waals surface area (Å²) in [4.78, 5) is 51.6. The molecule has 0 unspecified atom stereocenters. The summed E-state index contributed by atoms with van der Waals surface area (Å²) < 4.78 is 5.13. The van der Waals surface area contributed by atoms with Crippen molar-refractivity contribution in [3.63, 3.8) is 0 Å². The average molecular weight is 434 g/mol. The van der Waals surface area contributed by atoms with E-state index < -0.39 is 18.5 Å². The van der Waals surface area contributed by atoms with Crippen LogP contribution in [-0.4, -0.2) is 30.3 Å². The molecule has 1 aliphatic heterocycles. The van der Waals surface area contributed by atoms with E-state index in [1.165, 1.54) is 17.0 Å². The maximum Gasteiger partial charge on any atom is 0.338 e. The third-order valence-electron chi connectivity index (χ3n) is 6.20. The molecule has 1 heterocycles. The number of carbonyl (C=O) groups excluding carboxylic acids is 4. The number of carbonyl (C=O) groups is 4. The van der Waals surface area contributed by atoms with Gasteiger partial charge in [0.2, 0.25) is 11.8 Å². The van der Waals surface area contributed by atoms with Crippen molar-refractivity contribution in [1.82, 2.24) is 0 Å². The molecule has 7 heteroatoms. The first-order valence-electron chi connectivity index (χ1n) is 10.8.